The van der Waals surface area contributed by atoms with Crippen LogP contribution in [0, 0.1) is 5.82 Å². The van der Waals surface area contributed by atoms with Gasteiger partial charge >= 0.3 is 0 Å². The average molecular weight is 296 g/mol. The minimum atomic E-state index is -0.327. The molecule has 0 atom stereocenters. The number of ketones is 1. The van der Waals surface area contributed by atoms with Crippen molar-refractivity contribution in [2.75, 3.05) is 0 Å². The number of benzene rings is 1. The molecule has 0 bridgehead atoms. The molecule has 0 amide bonds. The third-order valence-electron chi connectivity index (χ3n) is 3.20. The van der Waals surface area contributed by atoms with Gasteiger partial charge in [0.25, 0.3) is 0 Å². The number of halogens is 2. The second-order valence-electron chi connectivity index (χ2n) is 4.54. The summed E-state index contributed by atoms with van der Waals surface area (Å²) < 4.78 is 13.7. The van der Waals surface area contributed by atoms with Crippen LogP contribution in [0.15, 0.2) is 18.2 Å². The minimum Gasteiger partial charge on any atom is -0.293 e. The molecule has 0 spiro atoms. The highest BCUT2D eigenvalue weighted by atomic mass is 35.5. The lowest BCUT2D eigenvalue weighted by Gasteiger charge is -2.06. The van der Waals surface area contributed by atoms with Crippen molar-refractivity contribution in [1.82, 2.24) is 4.98 Å². The van der Waals surface area contributed by atoms with Gasteiger partial charge in [-0.2, -0.15) is 0 Å². The van der Waals surface area contributed by atoms with Crippen molar-refractivity contribution in [2.45, 2.75) is 25.7 Å². The molecule has 0 fully saturated rings. The fourth-order valence-electron chi connectivity index (χ4n) is 2.25. The molecular weight excluding hydrogens is 285 g/mol. The van der Waals surface area contributed by atoms with E-state index in [4.69, 9.17) is 11.6 Å². The van der Waals surface area contributed by atoms with Crippen LogP contribution in [-0.4, -0.2) is 10.8 Å². The van der Waals surface area contributed by atoms with Crippen LogP contribution in [0.5, 0.6) is 0 Å². The van der Waals surface area contributed by atoms with Crippen molar-refractivity contribution >= 4 is 28.7 Å². The summed E-state index contributed by atoms with van der Waals surface area (Å²) in [6, 6.07) is 4.64. The zero-order chi connectivity index (χ0) is 13.4. The van der Waals surface area contributed by atoms with E-state index in [1.807, 2.05) is 0 Å². The van der Waals surface area contributed by atoms with E-state index in [2.05, 4.69) is 4.98 Å². The van der Waals surface area contributed by atoms with E-state index in [-0.39, 0.29) is 11.6 Å². The van der Waals surface area contributed by atoms with Crippen LogP contribution >= 0.6 is 22.9 Å². The fourth-order valence-corrected chi connectivity index (χ4v) is 3.57. The van der Waals surface area contributed by atoms with E-state index in [0.717, 1.165) is 28.4 Å². The summed E-state index contributed by atoms with van der Waals surface area (Å²) in [6.07, 6.45) is 2.63. The smallest absolute Gasteiger partial charge is 0.174 e. The monoisotopic (exact) mass is 295 g/mol. The molecular formula is C14H11ClFNOS. The Morgan fingerprint density at radius 2 is 2.21 bits per heavy atom. The van der Waals surface area contributed by atoms with Gasteiger partial charge in [-0.15, -0.1) is 11.3 Å². The highest BCUT2D eigenvalue weighted by Crippen LogP contribution is 2.30. The average Bonchev–Trinajstić information content (AvgIpc) is 2.78. The molecule has 5 heteroatoms. The molecule has 1 aliphatic rings. The van der Waals surface area contributed by atoms with Crippen LogP contribution in [0.3, 0.4) is 0 Å². The van der Waals surface area contributed by atoms with E-state index in [9.17, 15) is 9.18 Å². The molecule has 98 valence electrons. The van der Waals surface area contributed by atoms with Crippen molar-refractivity contribution in [3.63, 3.8) is 0 Å². The number of carbonyl (C=O) groups is 1. The fraction of sp³-hybridized carbons (Fsp3) is 0.286. The summed E-state index contributed by atoms with van der Waals surface area (Å²) in [4.78, 5) is 17.0. The topological polar surface area (TPSA) is 30.0 Å². The maximum atomic E-state index is 13.7. The number of rotatable bonds is 2. The van der Waals surface area contributed by atoms with Gasteiger partial charge in [0.2, 0.25) is 0 Å². The van der Waals surface area contributed by atoms with Crippen LogP contribution in [0.4, 0.5) is 4.39 Å². The summed E-state index contributed by atoms with van der Waals surface area (Å²) in [5.74, 6) is -0.170. The maximum absolute atomic E-state index is 13.7. The standard InChI is InChI=1S/C14H11ClFNOS/c15-9-3-1-4-10(16)8(9)7-13-17-11-5-2-6-12(18)14(11)19-13/h1,3-4H,2,5-7H2. The van der Waals surface area contributed by atoms with E-state index >= 15 is 0 Å². The van der Waals surface area contributed by atoms with Crippen LogP contribution in [0.2, 0.25) is 5.02 Å². The lowest BCUT2D eigenvalue weighted by Crippen LogP contribution is -2.07. The van der Waals surface area contributed by atoms with E-state index in [0.29, 0.717) is 23.4 Å². The van der Waals surface area contributed by atoms with E-state index in [1.54, 1.807) is 12.1 Å². The van der Waals surface area contributed by atoms with Crippen molar-refractivity contribution in [1.29, 1.82) is 0 Å². The number of fused-ring (bicyclic) bond motifs is 1. The normalized spacial score (nSPS) is 14.5. The van der Waals surface area contributed by atoms with Gasteiger partial charge in [0.1, 0.15) is 5.82 Å². The Morgan fingerprint density at radius 3 is 2.95 bits per heavy atom. The number of carbonyl (C=O) groups excluding carboxylic acids is 1. The zero-order valence-electron chi connectivity index (χ0n) is 10.1. The first-order valence-electron chi connectivity index (χ1n) is 6.10. The van der Waals surface area contributed by atoms with Crippen molar-refractivity contribution in [3.8, 4) is 0 Å². The van der Waals surface area contributed by atoms with Crippen LogP contribution in [0.1, 0.15) is 38.8 Å². The summed E-state index contributed by atoms with van der Waals surface area (Å²) in [5, 5.41) is 1.16. The summed E-state index contributed by atoms with van der Waals surface area (Å²) >= 11 is 7.37. The van der Waals surface area contributed by atoms with Crippen molar-refractivity contribution < 1.29 is 9.18 Å². The number of aromatic nitrogens is 1. The molecule has 0 saturated carbocycles. The Labute approximate surface area is 119 Å². The Bertz CT molecular complexity index is 633. The highest BCUT2D eigenvalue weighted by Gasteiger charge is 2.22. The van der Waals surface area contributed by atoms with Gasteiger partial charge in [0, 0.05) is 23.4 Å². The lowest BCUT2D eigenvalue weighted by atomic mass is 10.0. The van der Waals surface area contributed by atoms with Crippen LogP contribution in [0.25, 0.3) is 0 Å². The van der Waals surface area contributed by atoms with Gasteiger partial charge in [0.15, 0.2) is 5.78 Å². The molecule has 0 saturated heterocycles. The largest absolute Gasteiger partial charge is 0.293 e. The first-order chi connectivity index (χ1) is 9.15. The quantitative estimate of drug-likeness (QED) is 0.837. The SMILES string of the molecule is O=C1CCCc2nc(Cc3c(F)cccc3Cl)sc21. The van der Waals surface area contributed by atoms with Gasteiger partial charge in [-0.3, -0.25) is 4.79 Å². The Hall–Kier alpha value is -1.26. The Kier molecular flexibility index (Phi) is 3.37. The number of aryl methyl sites for hydroxylation is 1. The van der Waals surface area contributed by atoms with Crippen molar-refractivity contribution in [3.05, 3.63) is 50.2 Å². The van der Waals surface area contributed by atoms with Gasteiger partial charge in [-0.05, 0) is 25.0 Å². The number of thiazole rings is 1. The summed E-state index contributed by atoms with van der Waals surface area (Å²) in [6.45, 7) is 0. The van der Waals surface area contributed by atoms with Gasteiger partial charge in [-0.1, -0.05) is 17.7 Å². The Balaban J connectivity index is 1.94. The maximum Gasteiger partial charge on any atom is 0.174 e. The number of Topliss-reactive ketones (excluding diaryl/α,β-unsaturated/α-hetero) is 1. The second kappa shape index (κ2) is 5.02. The second-order valence-corrected chi connectivity index (χ2v) is 6.03. The molecule has 0 N–H and O–H groups in total. The van der Waals surface area contributed by atoms with E-state index < -0.39 is 0 Å². The van der Waals surface area contributed by atoms with Gasteiger partial charge < -0.3 is 0 Å². The molecule has 0 aliphatic heterocycles. The highest BCUT2D eigenvalue weighted by molar-refractivity contribution is 7.13. The minimum absolute atomic E-state index is 0.157. The molecule has 0 radical (unpaired) electrons. The molecule has 1 aromatic heterocycles. The predicted molar refractivity (Wildman–Crippen MR) is 73.6 cm³/mol. The number of hydrogen-bond acceptors (Lipinski definition) is 3. The predicted octanol–water partition coefficient (Wildman–Crippen LogP) is 4.05. The molecule has 2 nitrogen and oxygen atoms in total. The molecule has 2 aromatic rings. The van der Waals surface area contributed by atoms with Crippen LogP contribution < -0.4 is 0 Å². The Morgan fingerprint density at radius 1 is 1.37 bits per heavy atom. The summed E-state index contributed by atoms with van der Waals surface area (Å²) in [5.41, 5.74) is 1.31. The molecule has 1 aromatic carbocycles. The van der Waals surface area contributed by atoms with E-state index in [1.165, 1.54) is 17.4 Å². The lowest BCUT2D eigenvalue weighted by molar-refractivity contribution is 0.0976. The van der Waals surface area contributed by atoms with Crippen LogP contribution in [-0.2, 0) is 12.8 Å². The first kappa shape index (κ1) is 12.8. The van der Waals surface area contributed by atoms with Crippen molar-refractivity contribution in [2.24, 2.45) is 0 Å². The number of hydrogen-bond donors (Lipinski definition) is 0. The zero-order valence-corrected chi connectivity index (χ0v) is 11.7. The molecule has 19 heavy (non-hydrogen) atoms. The number of nitrogens with zero attached hydrogens (tertiary/aromatic N) is 1. The molecule has 0 unspecified atom stereocenters. The third kappa shape index (κ3) is 2.42. The third-order valence-corrected chi connectivity index (χ3v) is 4.69. The summed E-state index contributed by atoms with van der Waals surface area (Å²) in [7, 11) is 0. The van der Waals surface area contributed by atoms with Gasteiger partial charge in [0.05, 0.1) is 15.6 Å². The molecule has 1 aliphatic carbocycles. The van der Waals surface area contributed by atoms with Gasteiger partial charge in [-0.25, -0.2) is 9.37 Å². The molecule has 3 rings (SSSR count). The first-order valence-corrected chi connectivity index (χ1v) is 7.29. The molecule has 1 heterocycles.